The lowest BCUT2D eigenvalue weighted by Gasteiger charge is -2.32. The summed E-state index contributed by atoms with van der Waals surface area (Å²) in [5.41, 5.74) is 3.46. The zero-order valence-corrected chi connectivity index (χ0v) is 13.8. The molecule has 0 bridgehead atoms. The maximum Gasteiger partial charge on any atom is 0.255 e. The SMILES string of the molecule is Cc1cc(C(=O)N2CCNC(C)C2)c(C)n1-c1ccc(F)cc1. The lowest BCUT2D eigenvalue weighted by Crippen LogP contribution is -2.51. The van der Waals surface area contributed by atoms with E-state index in [0.29, 0.717) is 6.04 Å². The van der Waals surface area contributed by atoms with Crippen molar-refractivity contribution < 1.29 is 9.18 Å². The molecule has 1 aromatic carbocycles. The standard InChI is InChI=1S/C18H22FN3O/c1-12-11-21(9-8-20-12)18(23)17-10-13(2)22(14(17)3)16-6-4-15(19)5-7-16/h4-7,10,12,20H,8-9,11H2,1-3H3. The van der Waals surface area contributed by atoms with Crippen molar-refractivity contribution in [2.24, 2.45) is 0 Å². The summed E-state index contributed by atoms with van der Waals surface area (Å²) in [4.78, 5) is 14.7. The number of nitrogens with zero attached hydrogens (tertiary/aromatic N) is 2. The Balaban J connectivity index is 1.94. The fourth-order valence-electron chi connectivity index (χ4n) is 3.25. The van der Waals surface area contributed by atoms with Gasteiger partial charge < -0.3 is 14.8 Å². The number of nitrogens with one attached hydrogen (secondary N) is 1. The maximum absolute atomic E-state index is 13.1. The van der Waals surface area contributed by atoms with Crippen LogP contribution < -0.4 is 5.32 Å². The van der Waals surface area contributed by atoms with Gasteiger partial charge in [0.25, 0.3) is 5.91 Å². The first-order valence-electron chi connectivity index (χ1n) is 7.95. The largest absolute Gasteiger partial charge is 0.336 e. The van der Waals surface area contributed by atoms with Gasteiger partial charge in [0.15, 0.2) is 0 Å². The van der Waals surface area contributed by atoms with E-state index in [0.717, 1.165) is 42.3 Å². The van der Waals surface area contributed by atoms with Crippen molar-refractivity contribution in [1.82, 2.24) is 14.8 Å². The van der Waals surface area contributed by atoms with Crippen molar-refractivity contribution in [3.05, 3.63) is 53.1 Å². The van der Waals surface area contributed by atoms with Crippen LogP contribution in [0.15, 0.2) is 30.3 Å². The first-order chi connectivity index (χ1) is 11.0. The number of hydrogen-bond acceptors (Lipinski definition) is 2. The van der Waals surface area contributed by atoms with Gasteiger partial charge in [-0.05, 0) is 51.1 Å². The predicted molar refractivity (Wildman–Crippen MR) is 88.6 cm³/mol. The van der Waals surface area contributed by atoms with Crippen LogP contribution in [-0.4, -0.2) is 41.1 Å². The normalized spacial score (nSPS) is 18.3. The smallest absolute Gasteiger partial charge is 0.255 e. The van der Waals surface area contributed by atoms with Crippen LogP contribution >= 0.6 is 0 Å². The molecule has 1 unspecified atom stereocenters. The lowest BCUT2D eigenvalue weighted by atomic mass is 10.1. The van der Waals surface area contributed by atoms with E-state index in [-0.39, 0.29) is 11.7 Å². The Labute approximate surface area is 135 Å². The number of carbonyl (C=O) groups excluding carboxylic acids is 1. The summed E-state index contributed by atoms with van der Waals surface area (Å²) >= 11 is 0. The summed E-state index contributed by atoms with van der Waals surface area (Å²) in [5.74, 6) is -0.192. The van der Waals surface area contributed by atoms with E-state index in [9.17, 15) is 9.18 Å². The van der Waals surface area contributed by atoms with Crippen molar-refractivity contribution in [2.45, 2.75) is 26.8 Å². The molecule has 1 fully saturated rings. The van der Waals surface area contributed by atoms with Crippen LogP contribution in [-0.2, 0) is 0 Å². The third-order valence-electron chi connectivity index (χ3n) is 4.40. The van der Waals surface area contributed by atoms with Gasteiger partial charge in [0.1, 0.15) is 5.82 Å². The summed E-state index contributed by atoms with van der Waals surface area (Å²) < 4.78 is 15.1. The zero-order chi connectivity index (χ0) is 16.6. The molecule has 1 atom stereocenters. The van der Waals surface area contributed by atoms with Crippen LogP contribution in [0.3, 0.4) is 0 Å². The molecule has 4 nitrogen and oxygen atoms in total. The Morgan fingerprint density at radius 1 is 1.26 bits per heavy atom. The van der Waals surface area contributed by atoms with Crippen LogP contribution in [0.25, 0.3) is 5.69 Å². The van der Waals surface area contributed by atoms with E-state index >= 15 is 0 Å². The fourth-order valence-corrected chi connectivity index (χ4v) is 3.25. The lowest BCUT2D eigenvalue weighted by molar-refractivity contribution is 0.0708. The second kappa shape index (κ2) is 6.16. The van der Waals surface area contributed by atoms with Gasteiger partial charge in [0.2, 0.25) is 0 Å². The monoisotopic (exact) mass is 315 g/mol. The molecule has 2 heterocycles. The van der Waals surface area contributed by atoms with E-state index in [1.165, 1.54) is 12.1 Å². The molecule has 0 saturated carbocycles. The van der Waals surface area contributed by atoms with Gasteiger partial charge in [-0.15, -0.1) is 0 Å². The van der Waals surface area contributed by atoms with Gasteiger partial charge in [0, 0.05) is 42.8 Å². The Hall–Kier alpha value is -2.14. The second-order valence-electron chi connectivity index (χ2n) is 6.20. The minimum Gasteiger partial charge on any atom is -0.336 e. The number of halogens is 1. The number of aromatic nitrogens is 1. The number of aryl methyl sites for hydroxylation is 1. The second-order valence-corrected chi connectivity index (χ2v) is 6.20. The van der Waals surface area contributed by atoms with Crippen LogP contribution in [0, 0.1) is 19.7 Å². The summed E-state index contributed by atoms with van der Waals surface area (Å²) in [6.07, 6.45) is 0. The van der Waals surface area contributed by atoms with Gasteiger partial charge in [0.05, 0.1) is 5.56 Å². The van der Waals surface area contributed by atoms with Gasteiger partial charge in [-0.2, -0.15) is 0 Å². The summed E-state index contributed by atoms with van der Waals surface area (Å²) in [5, 5.41) is 3.35. The molecule has 122 valence electrons. The minimum absolute atomic E-state index is 0.0693. The van der Waals surface area contributed by atoms with Crippen LogP contribution in [0.4, 0.5) is 4.39 Å². The molecule has 0 spiro atoms. The highest BCUT2D eigenvalue weighted by Gasteiger charge is 2.25. The minimum atomic E-state index is -0.262. The molecule has 1 aliphatic heterocycles. The van der Waals surface area contributed by atoms with Gasteiger partial charge in [-0.1, -0.05) is 0 Å². The fraction of sp³-hybridized carbons (Fsp3) is 0.389. The van der Waals surface area contributed by atoms with E-state index in [2.05, 4.69) is 12.2 Å². The molecule has 5 heteroatoms. The Morgan fingerprint density at radius 2 is 1.96 bits per heavy atom. The summed E-state index contributed by atoms with van der Waals surface area (Å²) in [7, 11) is 0. The number of benzene rings is 1. The average molecular weight is 315 g/mol. The highest BCUT2D eigenvalue weighted by atomic mass is 19.1. The molecule has 1 saturated heterocycles. The van der Waals surface area contributed by atoms with Crippen molar-refractivity contribution in [3.8, 4) is 5.69 Å². The molecule has 0 radical (unpaired) electrons. The molecular formula is C18H22FN3O. The highest BCUT2D eigenvalue weighted by Crippen LogP contribution is 2.22. The quantitative estimate of drug-likeness (QED) is 0.925. The third-order valence-corrected chi connectivity index (χ3v) is 4.40. The van der Waals surface area contributed by atoms with Gasteiger partial charge >= 0.3 is 0 Å². The Kier molecular flexibility index (Phi) is 4.22. The number of piperazine rings is 1. The number of hydrogen-bond donors (Lipinski definition) is 1. The maximum atomic E-state index is 13.1. The molecule has 1 N–H and O–H groups in total. The topological polar surface area (TPSA) is 37.3 Å². The van der Waals surface area contributed by atoms with Crippen molar-refractivity contribution in [3.63, 3.8) is 0 Å². The van der Waals surface area contributed by atoms with Crippen LogP contribution in [0.2, 0.25) is 0 Å². The van der Waals surface area contributed by atoms with Crippen LogP contribution in [0.1, 0.15) is 28.7 Å². The van der Waals surface area contributed by atoms with Gasteiger partial charge in [-0.3, -0.25) is 4.79 Å². The highest BCUT2D eigenvalue weighted by molar-refractivity contribution is 5.96. The molecule has 0 aliphatic carbocycles. The molecule has 1 amide bonds. The first kappa shape index (κ1) is 15.7. The number of amides is 1. The third kappa shape index (κ3) is 3.01. The average Bonchev–Trinajstić information content (AvgIpc) is 2.82. The van der Waals surface area contributed by atoms with Crippen molar-refractivity contribution >= 4 is 5.91 Å². The molecular weight excluding hydrogens is 293 g/mol. The Morgan fingerprint density at radius 3 is 2.61 bits per heavy atom. The molecule has 3 rings (SSSR count). The predicted octanol–water partition coefficient (Wildman–Crippen LogP) is 2.67. The number of carbonyl (C=O) groups is 1. The van der Waals surface area contributed by atoms with Crippen LogP contribution in [0.5, 0.6) is 0 Å². The molecule has 1 aromatic heterocycles. The van der Waals surface area contributed by atoms with Gasteiger partial charge in [-0.25, -0.2) is 4.39 Å². The zero-order valence-electron chi connectivity index (χ0n) is 13.8. The molecule has 2 aromatic rings. The van der Waals surface area contributed by atoms with Crippen molar-refractivity contribution in [2.75, 3.05) is 19.6 Å². The van der Waals surface area contributed by atoms with Crippen molar-refractivity contribution in [1.29, 1.82) is 0 Å². The van der Waals surface area contributed by atoms with E-state index in [4.69, 9.17) is 0 Å². The summed E-state index contributed by atoms with van der Waals surface area (Å²) in [6.45, 7) is 8.26. The molecule has 1 aliphatic rings. The van der Waals surface area contributed by atoms with E-state index in [1.807, 2.05) is 29.4 Å². The summed E-state index contributed by atoms with van der Waals surface area (Å²) in [6, 6.07) is 8.58. The Bertz CT molecular complexity index is 721. The number of rotatable bonds is 2. The van der Waals surface area contributed by atoms with E-state index < -0.39 is 0 Å². The first-order valence-corrected chi connectivity index (χ1v) is 7.95. The molecule has 23 heavy (non-hydrogen) atoms. The van der Waals surface area contributed by atoms with E-state index in [1.54, 1.807) is 12.1 Å².